The maximum Gasteiger partial charge on any atom is 0.249 e. The van der Waals surface area contributed by atoms with E-state index in [0.29, 0.717) is 41.2 Å². The van der Waals surface area contributed by atoms with Gasteiger partial charge in [-0.05, 0) is 6.07 Å². The molecule has 8 heteroatoms. The third kappa shape index (κ3) is 3.20. The van der Waals surface area contributed by atoms with Gasteiger partial charge in [0.25, 0.3) is 0 Å². The number of carbonyl (C=O) groups excluding carboxylic acids is 1. The van der Waals surface area contributed by atoms with Crippen LogP contribution in [0.3, 0.4) is 0 Å². The molecule has 0 unspecified atom stereocenters. The summed E-state index contributed by atoms with van der Waals surface area (Å²) in [6.07, 6.45) is 7.34. The molecular weight excluding hydrogens is 302 g/mol. The number of thiazole rings is 1. The highest BCUT2D eigenvalue weighted by Gasteiger charge is 2.39. The maximum absolute atomic E-state index is 12.0. The zero-order chi connectivity index (χ0) is 15.6. The molecule has 0 spiro atoms. The first-order valence-corrected chi connectivity index (χ1v) is 7.59. The van der Waals surface area contributed by atoms with E-state index in [-0.39, 0.29) is 11.5 Å². The number of anilines is 1. The van der Waals surface area contributed by atoms with E-state index in [1.54, 1.807) is 6.07 Å². The fraction of sp³-hybridized carbons (Fsp3) is 0.357. The molecular formula is C14H13N5O2S. The summed E-state index contributed by atoms with van der Waals surface area (Å²) in [6, 6.07) is 3.02. The Labute approximate surface area is 129 Å². The lowest BCUT2D eigenvalue weighted by Gasteiger charge is -2.07. The van der Waals surface area contributed by atoms with Gasteiger partial charge in [-0.1, -0.05) is 11.3 Å². The molecule has 2 aromatic heterocycles. The van der Waals surface area contributed by atoms with Crippen molar-refractivity contribution >= 4 is 32.7 Å². The molecule has 0 aliphatic carbocycles. The molecule has 0 saturated heterocycles. The number of hydrogen-bond acceptors (Lipinski definition) is 6. The lowest BCUT2D eigenvalue weighted by molar-refractivity contribution is -0.116. The van der Waals surface area contributed by atoms with E-state index in [9.17, 15) is 9.59 Å². The molecule has 0 aromatic carbocycles. The third-order valence-corrected chi connectivity index (χ3v) is 4.24. The van der Waals surface area contributed by atoms with Gasteiger partial charge >= 0.3 is 0 Å². The van der Waals surface area contributed by atoms with E-state index in [1.165, 1.54) is 17.4 Å². The fourth-order valence-corrected chi connectivity index (χ4v) is 2.93. The van der Waals surface area contributed by atoms with Crippen LogP contribution in [0.25, 0.3) is 10.3 Å². The van der Waals surface area contributed by atoms with Crippen LogP contribution in [0.4, 0.5) is 5.13 Å². The number of H-pyrrole nitrogens is 1. The van der Waals surface area contributed by atoms with Crippen molar-refractivity contribution < 1.29 is 4.79 Å². The average molecular weight is 315 g/mol. The van der Waals surface area contributed by atoms with Gasteiger partial charge in [-0.15, -0.1) is 12.3 Å². The van der Waals surface area contributed by atoms with Crippen molar-refractivity contribution in [1.29, 1.82) is 0 Å². The van der Waals surface area contributed by atoms with Crippen molar-refractivity contribution in [2.75, 3.05) is 5.32 Å². The number of pyridine rings is 1. The highest BCUT2D eigenvalue weighted by Crippen LogP contribution is 2.37. The predicted octanol–water partition coefficient (Wildman–Crippen LogP) is 2.28. The zero-order valence-electron chi connectivity index (χ0n) is 11.6. The third-order valence-electron chi connectivity index (χ3n) is 3.33. The highest BCUT2D eigenvalue weighted by molar-refractivity contribution is 7.21. The van der Waals surface area contributed by atoms with E-state index in [1.807, 2.05) is 0 Å². The molecule has 112 valence electrons. The molecule has 1 aliphatic heterocycles. The molecule has 0 bridgehead atoms. The van der Waals surface area contributed by atoms with Crippen LogP contribution in [0.1, 0.15) is 25.7 Å². The number of nitrogens with one attached hydrogen (secondary N) is 2. The standard InChI is InChI=1S/C14H13N5O2S/c1-2-3-7-14(18-19-14)8-6-11(21)17-13-15-9-4-5-10(20)16-12(9)22-13/h1,4-5H,3,6-8H2,(H,16,20)(H,15,17,21). The minimum absolute atomic E-state index is 0.154. The predicted molar refractivity (Wildman–Crippen MR) is 83.8 cm³/mol. The summed E-state index contributed by atoms with van der Waals surface area (Å²) in [5, 5.41) is 11.2. The first-order valence-electron chi connectivity index (χ1n) is 6.77. The first kappa shape index (κ1) is 14.4. The van der Waals surface area contributed by atoms with Crippen molar-refractivity contribution in [3.63, 3.8) is 0 Å². The molecule has 3 rings (SSSR count). The molecule has 2 aromatic rings. The van der Waals surface area contributed by atoms with Gasteiger partial charge in [-0.25, -0.2) is 4.98 Å². The summed E-state index contributed by atoms with van der Waals surface area (Å²) >= 11 is 1.23. The molecule has 1 aliphatic rings. The summed E-state index contributed by atoms with van der Waals surface area (Å²) in [5.41, 5.74) is 0.00161. The van der Waals surface area contributed by atoms with Crippen LogP contribution in [0.15, 0.2) is 27.2 Å². The minimum atomic E-state index is -0.456. The monoisotopic (exact) mass is 315 g/mol. The number of amides is 1. The Morgan fingerprint density at radius 1 is 1.41 bits per heavy atom. The largest absolute Gasteiger partial charge is 0.312 e. The smallest absolute Gasteiger partial charge is 0.249 e. The number of nitrogens with zero attached hydrogens (tertiary/aromatic N) is 3. The number of terminal acetylenes is 1. The van der Waals surface area contributed by atoms with Crippen molar-refractivity contribution in [2.45, 2.75) is 31.3 Å². The molecule has 0 radical (unpaired) electrons. The Kier molecular flexibility index (Phi) is 3.73. The molecule has 7 nitrogen and oxygen atoms in total. The van der Waals surface area contributed by atoms with E-state index >= 15 is 0 Å². The Hall–Kier alpha value is -2.53. The van der Waals surface area contributed by atoms with Crippen molar-refractivity contribution in [3.8, 4) is 12.3 Å². The Morgan fingerprint density at radius 3 is 2.95 bits per heavy atom. The van der Waals surface area contributed by atoms with Gasteiger partial charge < -0.3 is 10.3 Å². The SMILES string of the molecule is C#CCCC1(CCC(=O)Nc2nc3ccc(=O)[nH]c3s2)N=N1. The molecule has 2 N–H and O–H groups in total. The van der Waals surface area contributed by atoms with Crippen LogP contribution in [-0.2, 0) is 4.79 Å². The lowest BCUT2D eigenvalue weighted by Crippen LogP contribution is -2.17. The van der Waals surface area contributed by atoms with Crippen molar-refractivity contribution in [2.24, 2.45) is 10.2 Å². The fourth-order valence-electron chi connectivity index (χ4n) is 2.06. The molecule has 3 heterocycles. The highest BCUT2D eigenvalue weighted by atomic mass is 32.1. The first-order chi connectivity index (χ1) is 10.6. The summed E-state index contributed by atoms with van der Waals surface area (Å²) < 4.78 is 0. The van der Waals surface area contributed by atoms with E-state index in [2.05, 4.69) is 31.4 Å². The summed E-state index contributed by atoms with van der Waals surface area (Å²) in [7, 11) is 0. The van der Waals surface area contributed by atoms with Crippen molar-refractivity contribution in [3.05, 3.63) is 22.5 Å². The number of aromatic amines is 1. The molecule has 0 saturated carbocycles. The van der Waals surface area contributed by atoms with E-state index < -0.39 is 5.66 Å². The Balaban J connectivity index is 1.57. The molecule has 1 amide bonds. The number of aromatic nitrogens is 2. The normalized spacial score (nSPS) is 14.7. The number of rotatable bonds is 6. The van der Waals surface area contributed by atoms with Crippen molar-refractivity contribution in [1.82, 2.24) is 9.97 Å². The second-order valence-electron chi connectivity index (χ2n) is 4.99. The summed E-state index contributed by atoms with van der Waals surface area (Å²) in [5.74, 6) is 2.40. The maximum atomic E-state index is 12.0. The lowest BCUT2D eigenvalue weighted by atomic mass is 10.0. The van der Waals surface area contributed by atoms with Crippen LogP contribution in [0, 0.1) is 12.3 Å². The second kappa shape index (κ2) is 5.69. The molecule has 0 atom stereocenters. The van der Waals surface area contributed by atoms with Gasteiger partial charge in [0.1, 0.15) is 10.3 Å². The van der Waals surface area contributed by atoms with E-state index in [0.717, 1.165) is 0 Å². The van der Waals surface area contributed by atoms with Gasteiger partial charge in [0, 0.05) is 31.7 Å². The summed E-state index contributed by atoms with van der Waals surface area (Å²) in [4.78, 5) is 30.7. The number of carbonyl (C=O) groups is 1. The van der Waals surface area contributed by atoms with E-state index in [4.69, 9.17) is 6.42 Å². The topological polar surface area (TPSA) is 99.6 Å². The Bertz CT molecular complexity index is 839. The van der Waals surface area contributed by atoms with Gasteiger partial charge in [-0.2, -0.15) is 10.2 Å². The number of hydrogen-bond donors (Lipinski definition) is 2. The average Bonchev–Trinajstić information content (AvgIpc) is 3.16. The number of fused-ring (bicyclic) bond motifs is 1. The minimum Gasteiger partial charge on any atom is -0.312 e. The van der Waals surface area contributed by atoms with Crippen LogP contribution < -0.4 is 10.9 Å². The van der Waals surface area contributed by atoms with Crippen LogP contribution in [-0.4, -0.2) is 21.5 Å². The Morgan fingerprint density at radius 2 is 2.23 bits per heavy atom. The van der Waals surface area contributed by atoms with Gasteiger partial charge in [0.05, 0.1) is 0 Å². The summed E-state index contributed by atoms with van der Waals surface area (Å²) in [6.45, 7) is 0. The zero-order valence-corrected chi connectivity index (χ0v) is 12.4. The van der Waals surface area contributed by atoms with Gasteiger partial charge in [0.15, 0.2) is 10.8 Å². The van der Waals surface area contributed by atoms with Gasteiger partial charge in [0.2, 0.25) is 11.5 Å². The second-order valence-corrected chi connectivity index (χ2v) is 5.99. The van der Waals surface area contributed by atoms with Crippen LogP contribution in [0.5, 0.6) is 0 Å². The molecule has 0 fully saturated rings. The quantitative estimate of drug-likeness (QED) is 0.800. The van der Waals surface area contributed by atoms with Crippen LogP contribution in [0.2, 0.25) is 0 Å². The molecule has 22 heavy (non-hydrogen) atoms. The van der Waals surface area contributed by atoms with Gasteiger partial charge in [-0.3, -0.25) is 9.59 Å². The van der Waals surface area contributed by atoms with Crippen LogP contribution >= 0.6 is 11.3 Å².